The van der Waals surface area contributed by atoms with E-state index in [1.165, 1.54) is 22.5 Å². The summed E-state index contributed by atoms with van der Waals surface area (Å²) >= 11 is 1.49. The average molecular weight is 530 g/mol. The molecule has 0 spiro atoms. The molecule has 6 atom stereocenters. The molecule has 1 amide bonds. The van der Waals surface area contributed by atoms with Gasteiger partial charge in [-0.15, -0.1) is 11.3 Å². The number of fused-ring (bicyclic) bond motifs is 5. The highest BCUT2D eigenvalue weighted by Crippen LogP contribution is 2.72. The van der Waals surface area contributed by atoms with Gasteiger partial charge in [0.25, 0.3) is 0 Å². The van der Waals surface area contributed by atoms with E-state index in [4.69, 9.17) is 15.0 Å². The monoisotopic (exact) mass is 529 g/mol. The highest BCUT2D eigenvalue weighted by molar-refractivity contribution is 7.55. The Morgan fingerprint density at radius 1 is 1.33 bits per heavy atom. The van der Waals surface area contributed by atoms with Crippen molar-refractivity contribution in [2.24, 2.45) is 23.5 Å². The van der Waals surface area contributed by atoms with Gasteiger partial charge in [-0.1, -0.05) is 13.0 Å². The van der Waals surface area contributed by atoms with E-state index in [-0.39, 0.29) is 23.6 Å². The number of nitrogens with two attached hydrogens (primary N) is 1. The van der Waals surface area contributed by atoms with E-state index >= 15 is 0 Å². The summed E-state index contributed by atoms with van der Waals surface area (Å²) in [5.41, 5.74) is 8.48. The maximum absolute atomic E-state index is 12.8. The predicted octanol–water partition coefficient (Wildman–Crippen LogP) is 5.22. The topological polar surface area (TPSA) is 104 Å². The lowest BCUT2D eigenvalue weighted by atomic mass is 9.57. The van der Waals surface area contributed by atoms with Crippen LogP contribution in [-0.2, 0) is 20.5 Å². The van der Waals surface area contributed by atoms with E-state index in [2.05, 4.69) is 35.4 Å². The van der Waals surface area contributed by atoms with Crippen molar-refractivity contribution in [2.75, 3.05) is 25.1 Å². The highest BCUT2D eigenvalue weighted by Gasteiger charge is 2.60. The van der Waals surface area contributed by atoms with Crippen LogP contribution < -0.4 is 15.8 Å². The number of amides is 1. The molecule has 2 fully saturated rings. The molecule has 0 radical (unpaired) electrons. The van der Waals surface area contributed by atoms with Crippen molar-refractivity contribution in [3.8, 4) is 5.75 Å². The number of carbonyl (C=O) groups excluding carboxylic acids is 2. The third kappa shape index (κ3) is 4.80. The van der Waals surface area contributed by atoms with Gasteiger partial charge in [-0.3, -0.25) is 9.59 Å². The summed E-state index contributed by atoms with van der Waals surface area (Å²) < 4.78 is 11.5. The molecule has 9 heteroatoms. The summed E-state index contributed by atoms with van der Waals surface area (Å²) in [5, 5.41) is 3.59. The van der Waals surface area contributed by atoms with E-state index in [0.29, 0.717) is 35.2 Å². The molecule has 1 aromatic carbocycles. The van der Waals surface area contributed by atoms with Crippen LogP contribution in [0.1, 0.15) is 60.9 Å². The Labute approximate surface area is 218 Å². The van der Waals surface area contributed by atoms with Crippen molar-refractivity contribution < 1.29 is 18.8 Å². The number of methoxy groups -OCH3 is 1. The molecule has 5 rings (SSSR count). The normalized spacial score (nSPS) is 30.6. The molecule has 1 aliphatic heterocycles. The number of anilines is 1. The molecule has 3 N–H and O–H groups in total. The van der Waals surface area contributed by atoms with Crippen molar-refractivity contribution >= 4 is 36.5 Å². The number of aromatic nitrogens is 1. The maximum Gasteiger partial charge on any atom is 0.322 e. The Balaban J connectivity index is 1.37. The zero-order valence-electron chi connectivity index (χ0n) is 21.3. The molecule has 4 unspecified atom stereocenters. The molecule has 2 heterocycles. The van der Waals surface area contributed by atoms with Crippen LogP contribution in [0.2, 0.25) is 0 Å². The Kier molecular flexibility index (Phi) is 7.39. The minimum Gasteiger partial charge on any atom is -0.497 e. The molecule has 2 aromatic rings. The van der Waals surface area contributed by atoms with Crippen LogP contribution in [0.15, 0.2) is 24.4 Å². The summed E-state index contributed by atoms with van der Waals surface area (Å²) in [6.07, 6.45) is 8.20. The summed E-state index contributed by atoms with van der Waals surface area (Å²) in [5.74, 6) is 2.44. The fourth-order valence-electron chi connectivity index (χ4n) is 7.08. The SMILES string of the molecule is COc1ccc2c(c1)CCC1C2CC[C@@]2(C)C1[C@H](CCC(=O)Nc1ncc(C)s1)CP2OC(=O)CN. The molecule has 1 aromatic heterocycles. The summed E-state index contributed by atoms with van der Waals surface area (Å²) in [6.45, 7) is 4.24. The third-order valence-electron chi connectivity index (χ3n) is 8.62. The van der Waals surface area contributed by atoms with Gasteiger partial charge in [0, 0.05) is 28.8 Å². The fraction of sp³-hybridized carbons (Fsp3) is 0.593. The zero-order valence-corrected chi connectivity index (χ0v) is 23.0. The largest absolute Gasteiger partial charge is 0.497 e. The first-order valence-electron chi connectivity index (χ1n) is 12.9. The smallest absolute Gasteiger partial charge is 0.322 e. The van der Waals surface area contributed by atoms with Gasteiger partial charge in [-0.05, 0) is 86.0 Å². The van der Waals surface area contributed by atoms with E-state index in [1.54, 1.807) is 13.3 Å². The number of nitrogens with zero attached hydrogens (tertiary/aromatic N) is 1. The first-order chi connectivity index (χ1) is 17.3. The van der Waals surface area contributed by atoms with Crippen LogP contribution in [0.25, 0.3) is 0 Å². The lowest BCUT2D eigenvalue weighted by Gasteiger charge is -2.51. The molecule has 0 bridgehead atoms. The fourth-order valence-corrected chi connectivity index (χ4v) is 10.7. The lowest BCUT2D eigenvalue weighted by Crippen LogP contribution is -2.45. The van der Waals surface area contributed by atoms with Gasteiger partial charge in [-0.25, -0.2) is 4.98 Å². The van der Waals surface area contributed by atoms with Crippen LogP contribution in [0.5, 0.6) is 5.75 Å². The quantitative estimate of drug-likeness (QED) is 0.477. The van der Waals surface area contributed by atoms with Gasteiger partial charge in [0.1, 0.15) is 5.75 Å². The average Bonchev–Trinajstić information content (AvgIpc) is 3.41. The molecular formula is C27H36N3O4PS. The van der Waals surface area contributed by atoms with Gasteiger partial charge in [0.2, 0.25) is 5.91 Å². The number of hydrogen-bond donors (Lipinski definition) is 2. The predicted molar refractivity (Wildman–Crippen MR) is 144 cm³/mol. The first-order valence-corrected chi connectivity index (χ1v) is 15.2. The lowest BCUT2D eigenvalue weighted by molar-refractivity contribution is -0.132. The summed E-state index contributed by atoms with van der Waals surface area (Å²) in [6, 6.07) is 6.55. The van der Waals surface area contributed by atoms with Gasteiger partial charge in [0.05, 0.1) is 21.8 Å². The molecule has 3 aliphatic rings. The van der Waals surface area contributed by atoms with Crippen LogP contribution >= 0.6 is 19.5 Å². The standard InChI is InChI=1S/C27H36N3O4PS/c1-16-14-29-26(36-16)30-23(31)9-5-18-15-35(34-24(32)13-28)27(2)11-10-21-20-8-6-19(33-3)12-17(20)4-7-22(21)25(18)27/h6,8,12,14,18,21-22,25H,4-5,7,9-11,13,15,28H2,1-3H3,(H,29,30,31)/t18-,21?,22?,25?,27+,35?/m1/s1. The molecular weight excluding hydrogens is 493 g/mol. The molecule has 194 valence electrons. The number of thiazole rings is 1. The Morgan fingerprint density at radius 2 is 2.17 bits per heavy atom. The number of benzene rings is 1. The number of aryl methyl sites for hydroxylation is 2. The third-order valence-corrected chi connectivity index (χ3v) is 12.3. The Morgan fingerprint density at radius 3 is 2.89 bits per heavy atom. The first kappa shape index (κ1) is 25.6. The number of hydrogen-bond acceptors (Lipinski definition) is 7. The van der Waals surface area contributed by atoms with E-state index in [9.17, 15) is 9.59 Å². The second kappa shape index (κ2) is 10.4. The molecule has 7 nitrogen and oxygen atoms in total. The van der Waals surface area contributed by atoms with Gasteiger partial charge < -0.3 is 20.3 Å². The van der Waals surface area contributed by atoms with E-state index in [0.717, 1.165) is 48.9 Å². The zero-order chi connectivity index (χ0) is 25.4. The number of ether oxygens (including phenoxy) is 1. The van der Waals surface area contributed by atoms with E-state index < -0.39 is 8.15 Å². The van der Waals surface area contributed by atoms with Crippen molar-refractivity contribution in [1.82, 2.24) is 4.98 Å². The highest BCUT2D eigenvalue weighted by atomic mass is 32.1. The summed E-state index contributed by atoms with van der Waals surface area (Å²) in [7, 11) is 0.778. The molecule has 2 aliphatic carbocycles. The van der Waals surface area contributed by atoms with Gasteiger partial charge in [-0.2, -0.15) is 0 Å². The molecule has 36 heavy (non-hydrogen) atoms. The number of rotatable bonds is 7. The minimum absolute atomic E-state index is 0.00896. The number of carbonyl (C=O) groups is 2. The Hall–Kier alpha value is -2.02. The van der Waals surface area contributed by atoms with Crippen LogP contribution in [0.4, 0.5) is 5.13 Å². The Bertz CT molecular complexity index is 1140. The van der Waals surface area contributed by atoms with E-state index in [1.807, 2.05) is 6.92 Å². The second-order valence-electron chi connectivity index (χ2n) is 10.6. The van der Waals surface area contributed by atoms with Gasteiger partial charge >= 0.3 is 5.97 Å². The number of nitrogens with one attached hydrogen (secondary N) is 1. The van der Waals surface area contributed by atoms with Crippen LogP contribution in [0, 0.1) is 24.7 Å². The van der Waals surface area contributed by atoms with Crippen LogP contribution in [0.3, 0.4) is 0 Å². The van der Waals surface area contributed by atoms with Crippen molar-refractivity contribution in [1.29, 1.82) is 0 Å². The second-order valence-corrected chi connectivity index (χ2v) is 14.2. The van der Waals surface area contributed by atoms with Crippen molar-refractivity contribution in [3.63, 3.8) is 0 Å². The van der Waals surface area contributed by atoms with Gasteiger partial charge in [0.15, 0.2) is 5.13 Å². The minimum atomic E-state index is -0.944. The van der Waals surface area contributed by atoms with Crippen LogP contribution in [-0.4, -0.2) is 41.8 Å². The molecule has 1 saturated heterocycles. The van der Waals surface area contributed by atoms with Crippen molar-refractivity contribution in [3.05, 3.63) is 40.4 Å². The maximum atomic E-state index is 12.8. The summed E-state index contributed by atoms with van der Waals surface area (Å²) in [4.78, 5) is 30.4. The van der Waals surface area contributed by atoms with Crippen molar-refractivity contribution in [2.45, 2.75) is 63.4 Å². The molecule has 1 saturated carbocycles.